The third kappa shape index (κ3) is 7.27. The van der Waals surface area contributed by atoms with Crippen molar-refractivity contribution in [2.75, 3.05) is 25.0 Å². The van der Waals surface area contributed by atoms with Crippen molar-refractivity contribution in [1.29, 1.82) is 0 Å². The lowest BCUT2D eigenvalue weighted by atomic mass is 9.95. The normalized spacial score (nSPS) is 20.0. The summed E-state index contributed by atoms with van der Waals surface area (Å²) in [6.07, 6.45) is 12.8. The average molecular weight is 667 g/mol. The van der Waals surface area contributed by atoms with Crippen LogP contribution in [0.3, 0.4) is 0 Å². The molecule has 2 aromatic carbocycles. The van der Waals surface area contributed by atoms with Crippen molar-refractivity contribution in [3.63, 3.8) is 0 Å². The van der Waals surface area contributed by atoms with Crippen molar-refractivity contribution in [2.45, 2.75) is 83.0 Å². The van der Waals surface area contributed by atoms with E-state index in [-0.39, 0.29) is 18.1 Å². The summed E-state index contributed by atoms with van der Waals surface area (Å²) in [4.78, 5) is 41.2. The van der Waals surface area contributed by atoms with E-state index in [0.29, 0.717) is 30.3 Å². The van der Waals surface area contributed by atoms with Crippen LogP contribution in [0.2, 0.25) is 5.02 Å². The Labute approximate surface area is 287 Å². The lowest BCUT2D eigenvalue weighted by molar-refractivity contribution is -0.123. The molecule has 1 N–H and O–H groups in total. The molecule has 1 saturated carbocycles. The van der Waals surface area contributed by atoms with E-state index in [1.807, 2.05) is 56.0 Å². The van der Waals surface area contributed by atoms with E-state index >= 15 is 0 Å². The molecule has 1 saturated heterocycles. The number of rotatable bonds is 7. The number of aryl methyl sites for hydroxylation is 5. The molecule has 1 aliphatic heterocycles. The number of ether oxygens (including phenoxy) is 1. The average Bonchev–Trinajstić information content (AvgIpc) is 3.45. The fourth-order valence-electron chi connectivity index (χ4n) is 7.51. The summed E-state index contributed by atoms with van der Waals surface area (Å²) in [6, 6.07) is 17.2. The maximum Gasteiger partial charge on any atom is 0.410 e. The van der Waals surface area contributed by atoms with Crippen LogP contribution in [0.5, 0.6) is 0 Å². The maximum absolute atomic E-state index is 14.3. The number of carbonyl (C=O) groups is 2. The van der Waals surface area contributed by atoms with E-state index in [1.165, 1.54) is 17.5 Å². The molecular weight excluding hydrogens is 624 g/mol. The minimum Gasteiger partial charge on any atom is -0.446 e. The number of nitrogens with zero attached hydrogens (tertiary/aromatic N) is 5. The van der Waals surface area contributed by atoms with Gasteiger partial charge in [-0.25, -0.2) is 9.78 Å². The summed E-state index contributed by atoms with van der Waals surface area (Å²) in [5.74, 6) is -0.228. The standard InChI is InChI=1S/C38H43ClN6O3/c1-26-23-43(25-41-26)18-16-27-7-5-9-31(21-27)42-37(46)34-24-44(19-20-45(34)38(47)48-32-10-3-2-4-11-32)36-33-15-14-30(39)22-29(33)13-12-28-8-6-17-40-35(28)36/h5-9,14-15,17,21-23,25,32,34,36H,2-4,10-13,16,18-20,24H2,1H3,(H,42,46)/t34-,36+/m1/s1. The van der Waals surface area contributed by atoms with E-state index < -0.39 is 12.1 Å². The predicted molar refractivity (Wildman–Crippen MR) is 186 cm³/mol. The van der Waals surface area contributed by atoms with Crippen molar-refractivity contribution >= 4 is 29.3 Å². The molecule has 250 valence electrons. The van der Waals surface area contributed by atoms with Crippen LogP contribution >= 0.6 is 11.6 Å². The quantitative estimate of drug-likeness (QED) is 0.234. The zero-order valence-corrected chi connectivity index (χ0v) is 28.2. The van der Waals surface area contributed by atoms with Gasteiger partial charge in [0.1, 0.15) is 12.1 Å². The second-order valence-corrected chi connectivity index (χ2v) is 13.8. The fraction of sp³-hybridized carbons (Fsp3) is 0.421. The Hall–Kier alpha value is -4.21. The molecule has 2 atom stereocenters. The zero-order valence-electron chi connectivity index (χ0n) is 27.5. The van der Waals surface area contributed by atoms with E-state index in [0.717, 1.165) is 74.0 Å². The summed E-state index contributed by atoms with van der Waals surface area (Å²) in [7, 11) is 0. The van der Waals surface area contributed by atoms with Crippen molar-refractivity contribution in [1.82, 2.24) is 24.3 Å². The number of benzene rings is 2. The number of imidazole rings is 1. The molecule has 9 nitrogen and oxygen atoms in total. The van der Waals surface area contributed by atoms with Crippen LogP contribution in [-0.4, -0.2) is 68.1 Å². The van der Waals surface area contributed by atoms with Gasteiger partial charge < -0.3 is 14.6 Å². The minimum absolute atomic E-state index is 0.0986. The van der Waals surface area contributed by atoms with Crippen LogP contribution in [0.25, 0.3) is 0 Å². The van der Waals surface area contributed by atoms with Gasteiger partial charge in [0.15, 0.2) is 0 Å². The van der Waals surface area contributed by atoms with Gasteiger partial charge in [-0.2, -0.15) is 0 Å². The third-order valence-electron chi connectivity index (χ3n) is 10.00. The van der Waals surface area contributed by atoms with Gasteiger partial charge in [0.2, 0.25) is 5.91 Å². The molecule has 48 heavy (non-hydrogen) atoms. The van der Waals surface area contributed by atoms with Gasteiger partial charge in [0.05, 0.1) is 23.8 Å². The van der Waals surface area contributed by atoms with Gasteiger partial charge in [-0.1, -0.05) is 42.3 Å². The van der Waals surface area contributed by atoms with Gasteiger partial charge >= 0.3 is 6.09 Å². The first-order valence-electron chi connectivity index (χ1n) is 17.2. The molecule has 2 amide bonds. The SMILES string of the molecule is Cc1cn(CCc2cccc(NC(=O)[C@H]3CN([C@H]4c5ccc(Cl)cc5CCc5cccnc54)CCN3C(=O)OC3CCCCC3)c2)cn1. The Bertz CT molecular complexity index is 1770. The number of anilines is 1. The van der Waals surface area contributed by atoms with Gasteiger partial charge in [-0.05, 0) is 104 Å². The summed E-state index contributed by atoms with van der Waals surface area (Å²) in [5, 5.41) is 3.87. The summed E-state index contributed by atoms with van der Waals surface area (Å²) >= 11 is 6.47. The number of aromatic nitrogens is 3. The Morgan fingerprint density at radius 3 is 2.67 bits per heavy atom. The minimum atomic E-state index is -0.751. The largest absolute Gasteiger partial charge is 0.446 e. The zero-order chi connectivity index (χ0) is 33.0. The predicted octanol–water partition coefficient (Wildman–Crippen LogP) is 6.76. The smallest absolute Gasteiger partial charge is 0.410 e. The van der Waals surface area contributed by atoms with E-state index in [4.69, 9.17) is 21.3 Å². The number of halogens is 1. The van der Waals surface area contributed by atoms with E-state index in [9.17, 15) is 9.59 Å². The monoisotopic (exact) mass is 666 g/mol. The molecule has 4 aromatic rings. The van der Waals surface area contributed by atoms with Crippen LogP contribution in [0.1, 0.15) is 71.8 Å². The number of carbonyl (C=O) groups excluding carboxylic acids is 2. The van der Waals surface area contributed by atoms with E-state index in [2.05, 4.69) is 44.0 Å². The summed E-state index contributed by atoms with van der Waals surface area (Å²) < 4.78 is 8.11. The van der Waals surface area contributed by atoms with Crippen molar-refractivity contribution < 1.29 is 14.3 Å². The highest BCUT2D eigenvalue weighted by Gasteiger charge is 2.41. The van der Waals surface area contributed by atoms with Crippen LogP contribution in [0.4, 0.5) is 10.5 Å². The molecule has 3 heterocycles. The van der Waals surface area contributed by atoms with Gasteiger partial charge in [-0.3, -0.25) is 19.6 Å². The molecule has 2 aromatic heterocycles. The maximum atomic E-state index is 14.3. The Morgan fingerprint density at radius 1 is 0.979 bits per heavy atom. The number of hydrogen-bond donors (Lipinski definition) is 1. The van der Waals surface area contributed by atoms with Crippen LogP contribution in [-0.2, 0) is 35.3 Å². The number of fused-ring (bicyclic) bond motifs is 2. The van der Waals surface area contributed by atoms with E-state index in [1.54, 1.807) is 4.90 Å². The lowest BCUT2D eigenvalue weighted by Crippen LogP contribution is -2.60. The van der Waals surface area contributed by atoms with Crippen molar-refractivity contribution in [3.05, 3.63) is 112 Å². The number of amides is 2. The van der Waals surface area contributed by atoms with Gasteiger partial charge in [-0.15, -0.1) is 0 Å². The first-order chi connectivity index (χ1) is 23.4. The number of hydrogen-bond acceptors (Lipinski definition) is 6. The van der Waals surface area contributed by atoms with Crippen molar-refractivity contribution in [2.24, 2.45) is 0 Å². The molecular formula is C38H43ClN6O3. The molecule has 7 rings (SSSR count). The lowest BCUT2D eigenvalue weighted by Gasteiger charge is -2.43. The third-order valence-corrected chi connectivity index (χ3v) is 10.2. The Balaban J connectivity index is 1.15. The summed E-state index contributed by atoms with van der Waals surface area (Å²) in [5.41, 5.74) is 7.32. The highest BCUT2D eigenvalue weighted by atomic mass is 35.5. The highest BCUT2D eigenvalue weighted by Crippen LogP contribution is 2.38. The highest BCUT2D eigenvalue weighted by molar-refractivity contribution is 6.30. The molecule has 3 aliphatic rings. The first kappa shape index (κ1) is 32.3. The molecule has 0 unspecified atom stereocenters. The second-order valence-electron chi connectivity index (χ2n) is 13.3. The van der Waals surface area contributed by atoms with Crippen LogP contribution in [0, 0.1) is 6.92 Å². The molecule has 2 aliphatic carbocycles. The Morgan fingerprint density at radius 2 is 1.83 bits per heavy atom. The summed E-state index contributed by atoms with van der Waals surface area (Å²) in [6.45, 7) is 4.06. The van der Waals surface area contributed by atoms with Crippen molar-refractivity contribution in [3.8, 4) is 0 Å². The van der Waals surface area contributed by atoms with Crippen LogP contribution < -0.4 is 5.32 Å². The van der Waals surface area contributed by atoms with Gasteiger partial charge in [0.25, 0.3) is 0 Å². The molecule has 10 heteroatoms. The first-order valence-corrected chi connectivity index (χ1v) is 17.6. The number of pyridine rings is 1. The molecule has 0 bridgehead atoms. The van der Waals surface area contributed by atoms with Crippen LogP contribution in [0.15, 0.2) is 73.3 Å². The van der Waals surface area contributed by atoms with Gasteiger partial charge in [0, 0.05) is 49.3 Å². The number of nitrogens with one attached hydrogen (secondary N) is 1. The topological polar surface area (TPSA) is 92.6 Å². The Kier molecular flexibility index (Phi) is 9.77. The molecule has 0 radical (unpaired) electrons. The number of piperazine rings is 1. The fourth-order valence-corrected chi connectivity index (χ4v) is 7.70. The molecule has 0 spiro atoms. The second kappa shape index (κ2) is 14.5. The molecule has 2 fully saturated rings.